The molecule has 20 rings (SSSR count). The Morgan fingerprint density at radius 1 is 0.163 bits per heavy atom. The van der Waals surface area contributed by atoms with E-state index in [1.165, 1.54) is 16.7 Å². The van der Waals surface area contributed by atoms with Gasteiger partial charge in [0.25, 0.3) is 0 Å². The summed E-state index contributed by atoms with van der Waals surface area (Å²) in [6.45, 7) is 0. The van der Waals surface area contributed by atoms with E-state index in [0.717, 1.165) is 183 Å². The Kier molecular flexibility index (Phi) is 15.3. The monoisotopic (exact) mass is 1330 g/mol. The van der Waals surface area contributed by atoms with Crippen LogP contribution in [0.25, 0.3) is 200 Å². The van der Waals surface area contributed by atoms with Gasteiger partial charge in [0.15, 0.2) is 0 Å². The van der Waals surface area contributed by atoms with Gasteiger partial charge < -0.3 is 0 Å². The van der Waals surface area contributed by atoms with Gasteiger partial charge in [-0.1, -0.05) is 218 Å². The van der Waals surface area contributed by atoms with Gasteiger partial charge in [-0.2, -0.15) is 0 Å². The highest BCUT2D eigenvalue weighted by atomic mass is 14.8. The van der Waals surface area contributed by atoms with E-state index in [4.69, 9.17) is 29.9 Å². The van der Waals surface area contributed by atoms with Crippen molar-refractivity contribution in [2.75, 3.05) is 0 Å². The minimum absolute atomic E-state index is 0.796. The summed E-state index contributed by atoms with van der Waals surface area (Å²) in [5.41, 5.74) is 24.9. The van der Waals surface area contributed by atoms with Crippen molar-refractivity contribution in [3.8, 4) is 113 Å². The van der Waals surface area contributed by atoms with E-state index in [0.29, 0.717) is 0 Å². The zero-order valence-corrected chi connectivity index (χ0v) is 56.0. The number of aromatic nitrogens is 10. The number of rotatable bonds is 10. The summed E-state index contributed by atoms with van der Waals surface area (Å²) in [4.78, 5) is 49.4. The predicted octanol–water partition coefficient (Wildman–Crippen LogP) is 23.2. The molecule has 0 bridgehead atoms. The first-order chi connectivity index (χ1) is 51.5. The molecule has 20 aromatic rings. The summed E-state index contributed by atoms with van der Waals surface area (Å²) < 4.78 is 0. The second-order valence-corrected chi connectivity index (χ2v) is 25.8. The number of fused-ring (bicyclic) bond motifs is 10. The smallest absolute Gasteiger partial charge is 0.0978 e. The van der Waals surface area contributed by atoms with Crippen molar-refractivity contribution in [2.24, 2.45) is 0 Å². The highest BCUT2D eigenvalue weighted by molar-refractivity contribution is 6.18. The average molecular weight is 1330 g/mol. The fourth-order valence-electron chi connectivity index (χ4n) is 14.5. The molecule has 10 aromatic carbocycles. The second-order valence-electron chi connectivity index (χ2n) is 25.8. The molecule has 0 N–H and O–H groups in total. The van der Waals surface area contributed by atoms with E-state index < -0.39 is 0 Å². The summed E-state index contributed by atoms with van der Waals surface area (Å²) in [6.07, 6.45) is 7.19. The number of hydrogen-bond acceptors (Lipinski definition) is 10. The Balaban J connectivity index is 0.000000143. The van der Waals surface area contributed by atoms with Crippen LogP contribution in [0.2, 0.25) is 0 Å². The van der Waals surface area contributed by atoms with Gasteiger partial charge in [-0.25, -0.2) is 29.9 Å². The van der Waals surface area contributed by atoms with Crippen molar-refractivity contribution in [1.82, 2.24) is 49.8 Å². The number of pyridine rings is 10. The van der Waals surface area contributed by atoms with Gasteiger partial charge in [-0.05, 0) is 164 Å². The zero-order valence-electron chi connectivity index (χ0n) is 56.0. The third-order valence-electron chi connectivity index (χ3n) is 19.5. The first kappa shape index (κ1) is 60.9. The fourth-order valence-corrected chi connectivity index (χ4v) is 14.5. The maximum atomic E-state index is 5.39. The van der Waals surface area contributed by atoms with Crippen molar-refractivity contribution >= 4 is 87.0 Å². The van der Waals surface area contributed by atoms with E-state index in [1.807, 2.05) is 78.9 Å². The van der Waals surface area contributed by atoms with Gasteiger partial charge in [0.05, 0.1) is 90.0 Å². The molecule has 10 heterocycles. The van der Waals surface area contributed by atoms with E-state index in [-0.39, 0.29) is 0 Å². The zero-order chi connectivity index (χ0) is 68.9. The number of nitrogens with zero attached hydrogens (tertiary/aromatic N) is 10. The Morgan fingerprint density at radius 2 is 0.538 bits per heavy atom. The van der Waals surface area contributed by atoms with Crippen molar-refractivity contribution in [2.45, 2.75) is 0 Å². The second kappa shape index (κ2) is 26.1. The largest absolute Gasteiger partial charge is 0.255 e. The minimum atomic E-state index is 0.796. The lowest BCUT2D eigenvalue weighted by molar-refractivity contribution is 1.22. The molecule has 0 aliphatic rings. The highest BCUT2D eigenvalue weighted by Crippen LogP contribution is 2.43. The number of benzene rings is 10. The summed E-state index contributed by atoms with van der Waals surface area (Å²) >= 11 is 0. The van der Waals surface area contributed by atoms with Crippen LogP contribution in [-0.2, 0) is 0 Å². The SMILES string of the molecule is c1ccc(-c2c3ccccc3nc3c2ccc2ccc(-c4ccc(-c5cc(-c6ccccn6)nc(-c6ccccn6)c5)c5ccccc45)nc23)cc1.c1ccc(-c2c3ccccc3nc3c2ccc2ccc(-c4ccc5cc(-c6cc(-c7ccccn7)nc(-c7ccccn7)c6)ccc5c4)nc23)cc1. The van der Waals surface area contributed by atoms with Crippen LogP contribution >= 0.6 is 0 Å². The Labute approximate surface area is 598 Å². The van der Waals surface area contributed by atoms with Crippen LogP contribution in [0.15, 0.2) is 352 Å². The Bertz CT molecular complexity index is 6590. The standard InChI is InChI=1S/2C47H29N5/c1-2-10-30(11-3-1)45-37-12-4-5-13-40(37)52-47-38(45)22-20-31-21-23-39(51-46(31)47)35-19-18-32-26-34(17-16-33(32)27-35)36-28-43(41-14-6-8-24-48-41)50-44(29-36)42-15-7-9-25-49-42;1-2-12-30(13-3-1)45-37-16-6-7-17-39(37)52-47-38(45)22-20-31-21-25-40(51-46(31)47)36-24-23-33(34-14-4-5-15-35(34)36)32-28-43(41-18-8-10-26-48-41)50-44(29-32)42-19-9-11-27-49-42/h2*1-29H. The highest BCUT2D eigenvalue weighted by Gasteiger charge is 2.21. The molecule has 0 radical (unpaired) electrons. The van der Waals surface area contributed by atoms with Gasteiger partial charge >= 0.3 is 0 Å². The van der Waals surface area contributed by atoms with Crippen molar-refractivity contribution in [3.63, 3.8) is 0 Å². The molecule has 0 amide bonds. The van der Waals surface area contributed by atoms with Gasteiger partial charge in [-0.15, -0.1) is 0 Å². The van der Waals surface area contributed by atoms with Gasteiger partial charge in [0.2, 0.25) is 0 Å². The maximum absolute atomic E-state index is 5.39. The molecule has 0 fully saturated rings. The van der Waals surface area contributed by atoms with Crippen molar-refractivity contribution in [1.29, 1.82) is 0 Å². The third-order valence-corrected chi connectivity index (χ3v) is 19.5. The molecule has 10 heteroatoms. The molecule has 0 unspecified atom stereocenters. The molecule has 0 aliphatic carbocycles. The van der Waals surface area contributed by atoms with E-state index in [9.17, 15) is 0 Å². The van der Waals surface area contributed by atoms with Crippen LogP contribution in [0.1, 0.15) is 0 Å². The lowest BCUT2D eigenvalue weighted by Gasteiger charge is -2.15. The summed E-state index contributed by atoms with van der Waals surface area (Å²) in [7, 11) is 0. The molecule has 0 saturated carbocycles. The molecular weight excluding hydrogens is 1270 g/mol. The molecule has 0 atom stereocenters. The minimum Gasteiger partial charge on any atom is -0.255 e. The average Bonchev–Trinajstić information content (AvgIpc) is 0.744. The van der Waals surface area contributed by atoms with Crippen LogP contribution in [0.4, 0.5) is 0 Å². The summed E-state index contributed by atoms with van der Waals surface area (Å²) in [5, 5.41) is 11.1. The van der Waals surface area contributed by atoms with Crippen molar-refractivity contribution in [3.05, 3.63) is 352 Å². The van der Waals surface area contributed by atoms with E-state index in [2.05, 4.69) is 269 Å². The van der Waals surface area contributed by atoms with Gasteiger partial charge in [-0.3, -0.25) is 19.9 Å². The summed E-state index contributed by atoms with van der Waals surface area (Å²) in [5.74, 6) is 0. The Hall–Kier alpha value is -14.2. The van der Waals surface area contributed by atoms with Crippen LogP contribution in [0.5, 0.6) is 0 Å². The first-order valence-electron chi connectivity index (χ1n) is 34.7. The summed E-state index contributed by atoms with van der Waals surface area (Å²) in [6, 6.07) is 113. The molecule has 0 aliphatic heterocycles. The molecule has 0 saturated heterocycles. The molecule has 104 heavy (non-hydrogen) atoms. The molecular formula is C94H58N10. The first-order valence-corrected chi connectivity index (χ1v) is 34.7. The molecule has 0 spiro atoms. The Morgan fingerprint density at radius 3 is 1.02 bits per heavy atom. The van der Waals surface area contributed by atoms with Gasteiger partial charge in [0.1, 0.15) is 0 Å². The van der Waals surface area contributed by atoms with Crippen LogP contribution in [-0.4, -0.2) is 49.8 Å². The van der Waals surface area contributed by atoms with Gasteiger partial charge in [0, 0.05) is 79.4 Å². The third kappa shape index (κ3) is 11.3. The molecule has 10 nitrogen and oxygen atoms in total. The van der Waals surface area contributed by atoms with E-state index in [1.54, 1.807) is 24.8 Å². The topological polar surface area (TPSA) is 129 Å². The number of para-hydroxylation sites is 2. The van der Waals surface area contributed by atoms with E-state index >= 15 is 0 Å². The van der Waals surface area contributed by atoms with Crippen LogP contribution in [0, 0.1) is 0 Å². The normalized spacial score (nSPS) is 11.5. The predicted molar refractivity (Wildman–Crippen MR) is 425 cm³/mol. The molecule has 484 valence electrons. The van der Waals surface area contributed by atoms with Crippen molar-refractivity contribution < 1.29 is 0 Å². The maximum Gasteiger partial charge on any atom is 0.0978 e. The molecule has 10 aromatic heterocycles. The van der Waals surface area contributed by atoms with Crippen LogP contribution < -0.4 is 0 Å². The fraction of sp³-hybridized carbons (Fsp3) is 0. The number of hydrogen-bond donors (Lipinski definition) is 0. The van der Waals surface area contributed by atoms with Crippen LogP contribution in [0.3, 0.4) is 0 Å². The lowest BCUT2D eigenvalue weighted by atomic mass is 9.92. The quantitative estimate of drug-likeness (QED) is 0.0964. The lowest BCUT2D eigenvalue weighted by Crippen LogP contribution is -1.95.